The fraction of sp³-hybridized carbons (Fsp3) is 0.938. The van der Waals surface area contributed by atoms with Crippen LogP contribution in [0.2, 0.25) is 0 Å². The molecule has 0 aromatic heterocycles. The van der Waals surface area contributed by atoms with Gasteiger partial charge in [-0.2, -0.15) is 0 Å². The van der Waals surface area contributed by atoms with Gasteiger partial charge in [0, 0.05) is 19.0 Å². The molecular formula is C16H31ClN2O. The van der Waals surface area contributed by atoms with Crippen molar-refractivity contribution < 1.29 is 4.79 Å². The molecule has 0 spiro atoms. The molecule has 3 atom stereocenters. The molecule has 0 aromatic carbocycles. The van der Waals surface area contributed by atoms with Crippen LogP contribution in [0, 0.1) is 17.8 Å². The van der Waals surface area contributed by atoms with Gasteiger partial charge in [0.25, 0.3) is 0 Å². The average Bonchev–Trinajstić information content (AvgIpc) is 2.46. The minimum absolute atomic E-state index is 0. The Morgan fingerprint density at radius 1 is 1.00 bits per heavy atom. The Morgan fingerprint density at radius 2 is 1.75 bits per heavy atom. The molecule has 2 aliphatic rings. The third kappa shape index (κ3) is 5.25. The molecule has 0 bridgehead atoms. The Balaban J connectivity index is 0.00000200. The number of hydrogen-bond acceptors (Lipinski definition) is 2. The molecule has 3 unspecified atom stereocenters. The molecule has 2 rings (SSSR count). The second kappa shape index (κ2) is 9.62. The summed E-state index contributed by atoms with van der Waals surface area (Å²) < 4.78 is 0. The quantitative estimate of drug-likeness (QED) is 0.740. The highest BCUT2D eigenvalue weighted by atomic mass is 35.5. The van der Waals surface area contributed by atoms with Gasteiger partial charge in [0.05, 0.1) is 0 Å². The van der Waals surface area contributed by atoms with E-state index in [4.69, 9.17) is 0 Å². The zero-order chi connectivity index (χ0) is 13.5. The van der Waals surface area contributed by atoms with Crippen LogP contribution in [-0.4, -0.2) is 25.5 Å². The SMILES string of the molecule is CCCNCCNC(=O)C1CCC2CCCCC2C1.Cl. The molecule has 0 radical (unpaired) electrons. The van der Waals surface area contributed by atoms with Crippen LogP contribution in [0.1, 0.15) is 58.3 Å². The number of amides is 1. The Hall–Kier alpha value is -0.280. The molecule has 0 aliphatic heterocycles. The first kappa shape index (κ1) is 17.8. The summed E-state index contributed by atoms with van der Waals surface area (Å²) in [5.41, 5.74) is 0. The van der Waals surface area contributed by atoms with Crippen molar-refractivity contribution in [2.24, 2.45) is 17.8 Å². The van der Waals surface area contributed by atoms with Gasteiger partial charge in [-0.05, 0) is 44.1 Å². The van der Waals surface area contributed by atoms with E-state index < -0.39 is 0 Å². The van der Waals surface area contributed by atoms with E-state index in [1.807, 2.05) is 0 Å². The van der Waals surface area contributed by atoms with Crippen LogP contribution in [0.3, 0.4) is 0 Å². The fourth-order valence-electron chi connectivity index (χ4n) is 3.83. The van der Waals surface area contributed by atoms with E-state index in [1.165, 1.54) is 32.1 Å². The van der Waals surface area contributed by atoms with E-state index in [0.29, 0.717) is 11.8 Å². The second-order valence-corrected chi connectivity index (χ2v) is 6.36. The fourth-order valence-corrected chi connectivity index (χ4v) is 3.83. The molecular weight excluding hydrogens is 272 g/mol. The highest BCUT2D eigenvalue weighted by molar-refractivity contribution is 5.85. The van der Waals surface area contributed by atoms with Crippen molar-refractivity contribution in [1.29, 1.82) is 0 Å². The van der Waals surface area contributed by atoms with Gasteiger partial charge in [-0.25, -0.2) is 0 Å². The predicted molar refractivity (Wildman–Crippen MR) is 86.2 cm³/mol. The van der Waals surface area contributed by atoms with Gasteiger partial charge in [0.15, 0.2) is 0 Å². The van der Waals surface area contributed by atoms with E-state index in [-0.39, 0.29) is 12.4 Å². The van der Waals surface area contributed by atoms with Crippen molar-refractivity contribution in [2.45, 2.75) is 58.3 Å². The number of halogens is 1. The van der Waals surface area contributed by atoms with E-state index in [0.717, 1.165) is 50.7 Å². The Morgan fingerprint density at radius 3 is 2.50 bits per heavy atom. The summed E-state index contributed by atoms with van der Waals surface area (Å²) in [6.07, 6.45) is 10.3. The van der Waals surface area contributed by atoms with Gasteiger partial charge in [-0.3, -0.25) is 4.79 Å². The summed E-state index contributed by atoms with van der Waals surface area (Å²) in [6.45, 7) is 4.89. The van der Waals surface area contributed by atoms with Crippen LogP contribution >= 0.6 is 12.4 Å². The first-order valence-electron chi connectivity index (χ1n) is 8.29. The van der Waals surface area contributed by atoms with Crippen molar-refractivity contribution in [2.75, 3.05) is 19.6 Å². The molecule has 0 saturated heterocycles. The standard InChI is InChI=1S/C16H30N2O.ClH/c1-2-9-17-10-11-18-16(19)15-8-7-13-5-3-4-6-14(13)12-15;/h13-15,17H,2-12H2,1H3,(H,18,19);1H. The van der Waals surface area contributed by atoms with Gasteiger partial charge in [0.2, 0.25) is 5.91 Å². The Labute approximate surface area is 130 Å². The first-order valence-corrected chi connectivity index (χ1v) is 8.29. The number of carbonyl (C=O) groups is 1. The third-order valence-electron chi connectivity index (χ3n) is 4.94. The minimum Gasteiger partial charge on any atom is -0.355 e. The van der Waals surface area contributed by atoms with Crippen LogP contribution in [0.5, 0.6) is 0 Å². The van der Waals surface area contributed by atoms with Crippen LogP contribution in [0.25, 0.3) is 0 Å². The van der Waals surface area contributed by atoms with Crippen molar-refractivity contribution in [3.63, 3.8) is 0 Å². The molecule has 0 aromatic rings. The molecule has 20 heavy (non-hydrogen) atoms. The highest BCUT2D eigenvalue weighted by Gasteiger charge is 2.34. The maximum Gasteiger partial charge on any atom is 0.223 e. The monoisotopic (exact) mass is 302 g/mol. The summed E-state index contributed by atoms with van der Waals surface area (Å²) in [6, 6.07) is 0. The molecule has 2 N–H and O–H groups in total. The number of carbonyl (C=O) groups excluding carboxylic acids is 1. The summed E-state index contributed by atoms with van der Waals surface area (Å²) in [5, 5.41) is 6.43. The highest BCUT2D eigenvalue weighted by Crippen LogP contribution is 2.42. The third-order valence-corrected chi connectivity index (χ3v) is 4.94. The lowest BCUT2D eigenvalue weighted by Gasteiger charge is -2.38. The number of hydrogen-bond donors (Lipinski definition) is 2. The number of rotatable bonds is 6. The molecule has 3 nitrogen and oxygen atoms in total. The van der Waals surface area contributed by atoms with E-state index in [1.54, 1.807) is 0 Å². The van der Waals surface area contributed by atoms with Crippen molar-refractivity contribution in [1.82, 2.24) is 10.6 Å². The summed E-state index contributed by atoms with van der Waals surface area (Å²) in [4.78, 5) is 12.2. The van der Waals surface area contributed by atoms with E-state index in [9.17, 15) is 4.79 Å². The first-order chi connectivity index (χ1) is 9.31. The Bertz CT molecular complexity index is 286. The lowest BCUT2D eigenvalue weighted by Crippen LogP contribution is -2.39. The predicted octanol–water partition coefficient (Wildman–Crippen LogP) is 3.13. The lowest BCUT2D eigenvalue weighted by molar-refractivity contribution is -0.127. The summed E-state index contributed by atoms with van der Waals surface area (Å²) in [7, 11) is 0. The minimum atomic E-state index is 0. The number of nitrogens with one attached hydrogen (secondary N) is 2. The molecule has 118 valence electrons. The van der Waals surface area contributed by atoms with Crippen molar-refractivity contribution >= 4 is 18.3 Å². The molecule has 4 heteroatoms. The average molecular weight is 303 g/mol. The molecule has 2 saturated carbocycles. The molecule has 0 heterocycles. The largest absolute Gasteiger partial charge is 0.355 e. The maximum absolute atomic E-state index is 12.2. The second-order valence-electron chi connectivity index (χ2n) is 6.36. The summed E-state index contributed by atoms with van der Waals surface area (Å²) >= 11 is 0. The van der Waals surface area contributed by atoms with Gasteiger partial charge in [-0.1, -0.05) is 32.6 Å². The normalized spacial score (nSPS) is 29.1. The van der Waals surface area contributed by atoms with Gasteiger partial charge < -0.3 is 10.6 Å². The molecule has 2 aliphatic carbocycles. The van der Waals surface area contributed by atoms with Crippen molar-refractivity contribution in [3.05, 3.63) is 0 Å². The zero-order valence-electron chi connectivity index (χ0n) is 12.8. The zero-order valence-corrected chi connectivity index (χ0v) is 13.6. The van der Waals surface area contributed by atoms with Crippen LogP contribution in [0.4, 0.5) is 0 Å². The Kier molecular flexibility index (Phi) is 8.55. The van der Waals surface area contributed by atoms with Crippen LogP contribution < -0.4 is 10.6 Å². The van der Waals surface area contributed by atoms with Gasteiger partial charge in [-0.15, -0.1) is 12.4 Å². The van der Waals surface area contributed by atoms with Gasteiger partial charge in [0.1, 0.15) is 0 Å². The lowest BCUT2D eigenvalue weighted by atomic mass is 9.67. The van der Waals surface area contributed by atoms with E-state index >= 15 is 0 Å². The van der Waals surface area contributed by atoms with Crippen molar-refractivity contribution in [3.8, 4) is 0 Å². The van der Waals surface area contributed by atoms with Gasteiger partial charge >= 0.3 is 0 Å². The molecule has 1 amide bonds. The van der Waals surface area contributed by atoms with E-state index in [2.05, 4.69) is 17.6 Å². The van der Waals surface area contributed by atoms with Crippen LogP contribution in [-0.2, 0) is 4.79 Å². The summed E-state index contributed by atoms with van der Waals surface area (Å²) in [5.74, 6) is 2.38. The molecule has 2 fully saturated rings. The smallest absolute Gasteiger partial charge is 0.223 e. The number of fused-ring (bicyclic) bond motifs is 1. The maximum atomic E-state index is 12.2. The topological polar surface area (TPSA) is 41.1 Å². The van der Waals surface area contributed by atoms with Crippen LogP contribution in [0.15, 0.2) is 0 Å².